The molecule has 0 amide bonds. The van der Waals surface area contributed by atoms with Crippen LogP contribution < -0.4 is 5.32 Å². The van der Waals surface area contributed by atoms with E-state index in [1.807, 2.05) is 24.4 Å². The Labute approximate surface area is 141 Å². The Bertz CT molecular complexity index is 990. The minimum atomic E-state index is -0.246. The Morgan fingerprint density at radius 1 is 1.17 bits per heavy atom. The van der Waals surface area contributed by atoms with Crippen LogP contribution in [0.1, 0.15) is 17.1 Å². The van der Waals surface area contributed by atoms with Gasteiger partial charge in [-0.3, -0.25) is 5.10 Å². The number of hydrogen-bond donors (Lipinski definition) is 2. The van der Waals surface area contributed by atoms with Crippen LogP contribution in [0.2, 0.25) is 0 Å². The molecular formula is C17H14FN5S. The lowest BCUT2D eigenvalue weighted by atomic mass is 10.1. The number of aromatic nitrogens is 4. The highest BCUT2D eigenvalue weighted by atomic mass is 32.1. The number of nitrogens with zero attached hydrogens (tertiary/aromatic N) is 3. The average molecular weight is 339 g/mol. The van der Waals surface area contributed by atoms with E-state index in [1.165, 1.54) is 12.1 Å². The number of halogens is 1. The van der Waals surface area contributed by atoms with Crippen molar-refractivity contribution in [1.29, 1.82) is 0 Å². The van der Waals surface area contributed by atoms with Gasteiger partial charge in [-0.1, -0.05) is 12.1 Å². The molecule has 7 heteroatoms. The van der Waals surface area contributed by atoms with Gasteiger partial charge in [-0.25, -0.2) is 14.4 Å². The molecule has 4 rings (SSSR count). The van der Waals surface area contributed by atoms with E-state index in [0.29, 0.717) is 18.1 Å². The summed E-state index contributed by atoms with van der Waals surface area (Å²) in [6.07, 6.45) is 0.544. The molecule has 0 aliphatic rings. The molecule has 0 aliphatic heterocycles. The van der Waals surface area contributed by atoms with Gasteiger partial charge in [0.15, 0.2) is 5.82 Å². The van der Waals surface area contributed by atoms with Crippen LogP contribution in [0.5, 0.6) is 0 Å². The van der Waals surface area contributed by atoms with Gasteiger partial charge in [0, 0.05) is 18.2 Å². The van der Waals surface area contributed by atoms with E-state index in [0.717, 1.165) is 27.3 Å². The number of anilines is 2. The zero-order valence-electron chi connectivity index (χ0n) is 12.9. The fraction of sp³-hybridized carbons (Fsp3) is 0.118. The van der Waals surface area contributed by atoms with Crippen LogP contribution in [0.4, 0.5) is 16.0 Å². The van der Waals surface area contributed by atoms with Gasteiger partial charge in [-0.2, -0.15) is 5.10 Å². The number of benzene rings is 1. The van der Waals surface area contributed by atoms with E-state index in [-0.39, 0.29) is 5.82 Å². The minimum Gasteiger partial charge on any atom is -0.323 e. The molecule has 3 heterocycles. The third kappa shape index (κ3) is 2.98. The van der Waals surface area contributed by atoms with Crippen LogP contribution in [0.25, 0.3) is 10.2 Å². The van der Waals surface area contributed by atoms with Crippen molar-refractivity contribution < 1.29 is 4.39 Å². The zero-order chi connectivity index (χ0) is 16.5. The average Bonchev–Trinajstić information content (AvgIpc) is 3.19. The maximum Gasteiger partial charge on any atom is 0.153 e. The van der Waals surface area contributed by atoms with Crippen molar-refractivity contribution in [2.45, 2.75) is 13.3 Å². The fourth-order valence-corrected chi connectivity index (χ4v) is 3.24. The molecule has 0 saturated carbocycles. The summed E-state index contributed by atoms with van der Waals surface area (Å²) in [4.78, 5) is 10.2. The predicted octanol–water partition coefficient (Wildman–Crippen LogP) is 4.20. The summed E-state index contributed by atoms with van der Waals surface area (Å²) in [6.45, 7) is 1.94. The number of nitrogens with one attached hydrogen (secondary N) is 2. The van der Waals surface area contributed by atoms with Crippen LogP contribution in [-0.4, -0.2) is 20.2 Å². The number of aromatic amines is 1. The van der Waals surface area contributed by atoms with Crippen molar-refractivity contribution >= 4 is 33.2 Å². The lowest BCUT2D eigenvalue weighted by Gasteiger charge is -2.07. The van der Waals surface area contributed by atoms with Gasteiger partial charge in [0.05, 0.1) is 5.39 Å². The summed E-state index contributed by atoms with van der Waals surface area (Å²) in [6, 6.07) is 10.3. The first kappa shape index (κ1) is 14.8. The monoisotopic (exact) mass is 339 g/mol. The molecule has 0 radical (unpaired) electrons. The highest BCUT2D eigenvalue weighted by Gasteiger charge is 2.11. The Kier molecular flexibility index (Phi) is 3.70. The van der Waals surface area contributed by atoms with E-state index in [1.54, 1.807) is 23.5 Å². The highest BCUT2D eigenvalue weighted by molar-refractivity contribution is 7.16. The number of rotatable bonds is 4. The quantitative estimate of drug-likeness (QED) is 0.585. The molecule has 0 spiro atoms. The maximum atomic E-state index is 13.1. The maximum absolute atomic E-state index is 13.1. The largest absolute Gasteiger partial charge is 0.323 e. The molecule has 0 aliphatic carbocycles. The van der Waals surface area contributed by atoms with E-state index >= 15 is 0 Å². The molecular weight excluding hydrogens is 325 g/mol. The van der Waals surface area contributed by atoms with Crippen LogP contribution in [0.3, 0.4) is 0 Å². The molecule has 24 heavy (non-hydrogen) atoms. The molecule has 0 unspecified atom stereocenters. The summed E-state index contributed by atoms with van der Waals surface area (Å²) >= 11 is 1.57. The van der Waals surface area contributed by atoms with Gasteiger partial charge in [0.1, 0.15) is 22.3 Å². The highest BCUT2D eigenvalue weighted by Crippen LogP contribution is 2.27. The summed E-state index contributed by atoms with van der Waals surface area (Å²) in [5, 5.41) is 13.3. The molecule has 0 fully saturated rings. The number of hydrogen-bond acceptors (Lipinski definition) is 5. The molecule has 120 valence electrons. The van der Waals surface area contributed by atoms with E-state index in [9.17, 15) is 4.39 Å². The molecule has 0 bridgehead atoms. The van der Waals surface area contributed by atoms with Gasteiger partial charge in [-0.05, 0) is 36.1 Å². The molecule has 0 atom stereocenters. The predicted molar refractivity (Wildman–Crippen MR) is 93.2 cm³/mol. The van der Waals surface area contributed by atoms with Crippen molar-refractivity contribution in [2.75, 3.05) is 5.32 Å². The second-order valence-corrected chi connectivity index (χ2v) is 6.39. The summed E-state index contributed by atoms with van der Waals surface area (Å²) in [5.74, 6) is 1.88. The van der Waals surface area contributed by atoms with Gasteiger partial charge in [0.2, 0.25) is 0 Å². The first-order valence-electron chi connectivity index (χ1n) is 7.45. The Balaban J connectivity index is 1.70. The van der Waals surface area contributed by atoms with Crippen LogP contribution >= 0.6 is 11.3 Å². The van der Waals surface area contributed by atoms with Crippen molar-refractivity contribution in [1.82, 2.24) is 20.2 Å². The number of aryl methyl sites for hydroxylation is 1. The fourth-order valence-electron chi connectivity index (χ4n) is 2.46. The molecule has 2 N–H and O–H groups in total. The second-order valence-electron chi connectivity index (χ2n) is 5.49. The molecule has 1 aromatic carbocycles. The number of H-pyrrole nitrogens is 1. The lowest BCUT2D eigenvalue weighted by molar-refractivity contribution is 0.627. The molecule has 3 aromatic heterocycles. The Morgan fingerprint density at radius 3 is 2.75 bits per heavy atom. The first-order valence-corrected chi connectivity index (χ1v) is 8.33. The van der Waals surface area contributed by atoms with Crippen molar-refractivity contribution in [2.24, 2.45) is 0 Å². The van der Waals surface area contributed by atoms with Crippen molar-refractivity contribution in [3.8, 4) is 0 Å². The smallest absolute Gasteiger partial charge is 0.153 e. The minimum absolute atomic E-state index is 0.246. The van der Waals surface area contributed by atoms with Gasteiger partial charge in [-0.15, -0.1) is 11.3 Å². The van der Waals surface area contributed by atoms with Crippen LogP contribution in [-0.2, 0) is 6.42 Å². The topological polar surface area (TPSA) is 66.5 Å². The SMILES string of the molecule is Cc1cc(Nc2nc(Cc3ccc(F)cc3)nc3sccc23)n[nH]1. The van der Waals surface area contributed by atoms with Crippen LogP contribution in [0, 0.1) is 12.7 Å². The molecule has 4 aromatic rings. The summed E-state index contributed by atoms with van der Waals surface area (Å²) in [7, 11) is 0. The van der Waals surface area contributed by atoms with E-state index in [4.69, 9.17) is 0 Å². The summed E-state index contributed by atoms with van der Waals surface area (Å²) < 4.78 is 13.1. The van der Waals surface area contributed by atoms with E-state index < -0.39 is 0 Å². The lowest BCUT2D eigenvalue weighted by Crippen LogP contribution is -2.02. The molecule has 0 saturated heterocycles. The van der Waals surface area contributed by atoms with Crippen LogP contribution in [0.15, 0.2) is 41.8 Å². The number of thiophene rings is 1. The molecule has 5 nitrogen and oxygen atoms in total. The Hall–Kier alpha value is -2.80. The zero-order valence-corrected chi connectivity index (χ0v) is 13.7. The standard InChI is InChI=1S/C17H14FN5S/c1-10-8-15(23-22-10)20-16-13-6-7-24-17(13)21-14(19-16)9-11-2-4-12(18)5-3-11/h2-8H,9H2,1H3,(H2,19,20,21,22,23). The van der Waals surface area contributed by atoms with Crippen molar-refractivity contribution in [3.63, 3.8) is 0 Å². The third-order valence-corrected chi connectivity index (χ3v) is 4.41. The first-order chi connectivity index (χ1) is 11.7. The van der Waals surface area contributed by atoms with E-state index in [2.05, 4.69) is 25.5 Å². The summed E-state index contributed by atoms with van der Waals surface area (Å²) in [5.41, 5.74) is 1.94. The number of fused-ring (bicyclic) bond motifs is 1. The van der Waals surface area contributed by atoms with Gasteiger partial charge in [0.25, 0.3) is 0 Å². The van der Waals surface area contributed by atoms with Gasteiger partial charge < -0.3 is 5.32 Å². The second kappa shape index (κ2) is 6.01. The van der Waals surface area contributed by atoms with Crippen molar-refractivity contribution in [3.05, 3.63) is 64.7 Å². The normalized spacial score (nSPS) is 11.1. The van der Waals surface area contributed by atoms with Gasteiger partial charge >= 0.3 is 0 Å². The third-order valence-electron chi connectivity index (χ3n) is 3.60. The Morgan fingerprint density at radius 2 is 2.00 bits per heavy atom.